The molecule has 0 fully saturated rings. The van der Waals surface area contributed by atoms with Crippen molar-refractivity contribution in [3.63, 3.8) is 0 Å². The highest BCUT2D eigenvalue weighted by Crippen LogP contribution is 2.22. The molecule has 0 aliphatic heterocycles. The number of rotatable bonds is 8. The van der Waals surface area contributed by atoms with Crippen LogP contribution in [0.2, 0.25) is 0 Å². The number of nitrogens with one attached hydrogen (secondary N) is 1. The van der Waals surface area contributed by atoms with E-state index in [9.17, 15) is 0 Å². The van der Waals surface area contributed by atoms with Crippen LogP contribution in [-0.4, -0.2) is 31.1 Å². The molecule has 0 radical (unpaired) electrons. The highest BCUT2D eigenvalue weighted by Gasteiger charge is 2.15. The smallest absolute Gasteiger partial charge is 0.125 e. The topological polar surface area (TPSA) is 28.4 Å². The predicted molar refractivity (Wildman–Crippen MR) is 87.4 cm³/mol. The normalized spacial score (nSPS) is 13.0. The van der Waals surface area contributed by atoms with Crippen molar-refractivity contribution in [2.75, 3.05) is 20.1 Å². The molecule has 0 saturated heterocycles. The molecule has 0 aliphatic carbocycles. The molecule has 0 saturated carbocycles. The standard InChI is InChI=1S/C18H26N2O/c1-15(2)20(3)13-8-12-19-18(17-11-7-14-21-17)16-9-5-4-6-10-16/h4-7,9-11,14-15,18-19H,8,12-13H2,1-3H3. The first kappa shape index (κ1) is 15.8. The zero-order chi connectivity index (χ0) is 15.1. The van der Waals surface area contributed by atoms with Crippen molar-refractivity contribution >= 4 is 0 Å². The maximum atomic E-state index is 5.59. The molecule has 0 spiro atoms. The van der Waals surface area contributed by atoms with Crippen molar-refractivity contribution in [3.05, 3.63) is 60.1 Å². The molecule has 21 heavy (non-hydrogen) atoms. The minimum atomic E-state index is 0.130. The van der Waals surface area contributed by atoms with Crippen LogP contribution in [0.25, 0.3) is 0 Å². The molecule has 114 valence electrons. The summed E-state index contributed by atoms with van der Waals surface area (Å²) in [6, 6.07) is 15.2. The van der Waals surface area contributed by atoms with Gasteiger partial charge in [0.1, 0.15) is 5.76 Å². The van der Waals surface area contributed by atoms with Gasteiger partial charge in [-0.2, -0.15) is 0 Å². The number of hydrogen-bond acceptors (Lipinski definition) is 3. The fraction of sp³-hybridized carbons (Fsp3) is 0.444. The van der Waals surface area contributed by atoms with Gasteiger partial charge in [-0.15, -0.1) is 0 Å². The number of nitrogens with zero attached hydrogens (tertiary/aromatic N) is 1. The van der Waals surface area contributed by atoms with E-state index in [2.05, 4.69) is 55.4 Å². The lowest BCUT2D eigenvalue weighted by atomic mass is 10.0. The van der Waals surface area contributed by atoms with Crippen LogP contribution in [0.4, 0.5) is 0 Å². The molecule has 3 heteroatoms. The molecule has 2 aromatic rings. The number of benzene rings is 1. The van der Waals surface area contributed by atoms with Crippen LogP contribution in [-0.2, 0) is 0 Å². The van der Waals surface area contributed by atoms with Crippen LogP contribution >= 0.6 is 0 Å². The van der Waals surface area contributed by atoms with Crippen molar-refractivity contribution in [1.29, 1.82) is 0 Å². The Bertz CT molecular complexity index is 493. The first-order valence-electron chi connectivity index (χ1n) is 7.70. The second-order valence-corrected chi connectivity index (χ2v) is 5.74. The summed E-state index contributed by atoms with van der Waals surface area (Å²) in [5.74, 6) is 0.971. The Balaban J connectivity index is 1.92. The van der Waals surface area contributed by atoms with E-state index in [1.807, 2.05) is 18.2 Å². The van der Waals surface area contributed by atoms with E-state index in [-0.39, 0.29) is 6.04 Å². The van der Waals surface area contributed by atoms with Gasteiger partial charge in [0, 0.05) is 6.04 Å². The molecular formula is C18H26N2O. The van der Waals surface area contributed by atoms with E-state index in [1.54, 1.807) is 6.26 Å². The maximum absolute atomic E-state index is 5.59. The van der Waals surface area contributed by atoms with Gasteiger partial charge < -0.3 is 14.6 Å². The van der Waals surface area contributed by atoms with Crippen LogP contribution in [0.3, 0.4) is 0 Å². The Morgan fingerprint density at radius 2 is 1.86 bits per heavy atom. The molecule has 1 aromatic carbocycles. The fourth-order valence-electron chi connectivity index (χ4n) is 2.32. The summed E-state index contributed by atoms with van der Waals surface area (Å²) in [6.45, 7) is 6.52. The van der Waals surface area contributed by atoms with E-state index < -0.39 is 0 Å². The average molecular weight is 286 g/mol. The van der Waals surface area contributed by atoms with Crippen molar-refractivity contribution in [3.8, 4) is 0 Å². The van der Waals surface area contributed by atoms with E-state index >= 15 is 0 Å². The Morgan fingerprint density at radius 3 is 2.48 bits per heavy atom. The third-order valence-electron chi connectivity index (χ3n) is 3.88. The molecule has 2 rings (SSSR count). The van der Waals surface area contributed by atoms with Gasteiger partial charge in [-0.1, -0.05) is 30.3 Å². The first-order valence-corrected chi connectivity index (χ1v) is 7.70. The summed E-state index contributed by atoms with van der Waals surface area (Å²) < 4.78 is 5.59. The molecule has 0 bridgehead atoms. The van der Waals surface area contributed by atoms with Gasteiger partial charge >= 0.3 is 0 Å². The number of hydrogen-bond donors (Lipinski definition) is 1. The minimum Gasteiger partial charge on any atom is -0.467 e. The molecule has 0 aliphatic rings. The van der Waals surface area contributed by atoms with Crippen LogP contribution < -0.4 is 5.32 Å². The zero-order valence-corrected chi connectivity index (χ0v) is 13.3. The predicted octanol–water partition coefficient (Wildman–Crippen LogP) is 3.69. The third kappa shape index (κ3) is 4.73. The summed E-state index contributed by atoms with van der Waals surface area (Å²) in [7, 11) is 2.17. The second-order valence-electron chi connectivity index (χ2n) is 5.74. The van der Waals surface area contributed by atoms with E-state index in [1.165, 1.54) is 5.56 Å². The Labute approximate surface area is 128 Å². The zero-order valence-electron chi connectivity index (χ0n) is 13.3. The molecule has 1 heterocycles. The lowest BCUT2D eigenvalue weighted by Crippen LogP contribution is -2.30. The maximum Gasteiger partial charge on any atom is 0.125 e. The highest BCUT2D eigenvalue weighted by atomic mass is 16.3. The van der Waals surface area contributed by atoms with Crippen LogP contribution in [0, 0.1) is 0 Å². The van der Waals surface area contributed by atoms with Crippen molar-refractivity contribution in [2.45, 2.75) is 32.4 Å². The van der Waals surface area contributed by atoms with Crippen molar-refractivity contribution in [1.82, 2.24) is 10.2 Å². The van der Waals surface area contributed by atoms with Crippen molar-refractivity contribution in [2.24, 2.45) is 0 Å². The highest BCUT2D eigenvalue weighted by molar-refractivity contribution is 5.26. The largest absolute Gasteiger partial charge is 0.467 e. The molecule has 1 atom stereocenters. The summed E-state index contributed by atoms with van der Waals surface area (Å²) >= 11 is 0. The number of furan rings is 1. The van der Waals surface area contributed by atoms with Gasteiger partial charge in [0.2, 0.25) is 0 Å². The molecular weight excluding hydrogens is 260 g/mol. The Hall–Kier alpha value is -1.58. The average Bonchev–Trinajstić information content (AvgIpc) is 3.01. The molecule has 1 aromatic heterocycles. The van der Waals surface area contributed by atoms with E-state index in [4.69, 9.17) is 4.42 Å². The Kier molecular flexibility index (Phi) is 6.03. The summed E-state index contributed by atoms with van der Waals surface area (Å²) in [4.78, 5) is 2.37. The quantitative estimate of drug-likeness (QED) is 0.750. The van der Waals surface area contributed by atoms with Crippen LogP contribution in [0.1, 0.15) is 37.6 Å². The van der Waals surface area contributed by atoms with Gasteiger partial charge in [0.05, 0.1) is 12.3 Å². The van der Waals surface area contributed by atoms with Crippen molar-refractivity contribution < 1.29 is 4.42 Å². The third-order valence-corrected chi connectivity index (χ3v) is 3.88. The monoisotopic (exact) mass is 286 g/mol. The van der Waals surface area contributed by atoms with E-state index in [0.29, 0.717) is 6.04 Å². The minimum absolute atomic E-state index is 0.130. The van der Waals surface area contributed by atoms with E-state index in [0.717, 1.165) is 25.3 Å². The lowest BCUT2D eigenvalue weighted by molar-refractivity contribution is 0.268. The van der Waals surface area contributed by atoms with Crippen LogP contribution in [0.15, 0.2) is 53.1 Å². The molecule has 0 amide bonds. The van der Waals surface area contributed by atoms with Gasteiger partial charge in [-0.05, 0) is 58.1 Å². The molecule has 3 nitrogen and oxygen atoms in total. The first-order chi connectivity index (χ1) is 10.2. The SMILES string of the molecule is CC(C)N(C)CCCNC(c1ccccc1)c1ccco1. The van der Waals surface area contributed by atoms with Gasteiger partial charge in [0.15, 0.2) is 0 Å². The summed E-state index contributed by atoms with van der Waals surface area (Å²) in [5.41, 5.74) is 1.24. The van der Waals surface area contributed by atoms with Gasteiger partial charge in [0.25, 0.3) is 0 Å². The lowest BCUT2D eigenvalue weighted by Gasteiger charge is -2.22. The molecule has 1 N–H and O–H groups in total. The second kappa shape index (κ2) is 8.01. The summed E-state index contributed by atoms with van der Waals surface area (Å²) in [5, 5.41) is 3.61. The molecule has 1 unspecified atom stereocenters. The van der Waals surface area contributed by atoms with Gasteiger partial charge in [-0.3, -0.25) is 0 Å². The Morgan fingerprint density at radius 1 is 1.10 bits per heavy atom. The summed E-state index contributed by atoms with van der Waals surface area (Å²) in [6.07, 6.45) is 2.86. The van der Waals surface area contributed by atoms with Gasteiger partial charge in [-0.25, -0.2) is 0 Å². The van der Waals surface area contributed by atoms with Crippen LogP contribution in [0.5, 0.6) is 0 Å². The fourth-order valence-corrected chi connectivity index (χ4v) is 2.32.